The smallest absolute Gasteiger partial charge is 0.251 e. The third-order valence-electron chi connectivity index (χ3n) is 4.24. The van der Waals surface area contributed by atoms with E-state index in [1.54, 1.807) is 0 Å². The van der Waals surface area contributed by atoms with Crippen molar-refractivity contribution in [3.05, 3.63) is 34.9 Å². The van der Waals surface area contributed by atoms with Gasteiger partial charge in [-0.2, -0.15) is 0 Å². The Kier molecular flexibility index (Phi) is 3.54. The third-order valence-corrected chi connectivity index (χ3v) is 6.08. The fraction of sp³-hybridized carbons (Fsp3) is 0.533. The average molecular weight is 293 g/mol. The van der Waals surface area contributed by atoms with E-state index >= 15 is 0 Å². The van der Waals surface area contributed by atoms with Crippen LogP contribution in [0, 0.1) is 5.92 Å². The molecule has 5 heteroatoms. The molecule has 1 unspecified atom stereocenters. The number of amides is 1. The van der Waals surface area contributed by atoms with Gasteiger partial charge in [-0.1, -0.05) is 6.07 Å². The Balaban J connectivity index is 1.60. The Morgan fingerprint density at radius 1 is 1.25 bits per heavy atom. The second-order valence-electron chi connectivity index (χ2n) is 5.82. The molecule has 1 heterocycles. The number of sulfone groups is 1. The first-order valence-corrected chi connectivity index (χ1v) is 8.96. The van der Waals surface area contributed by atoms with E-state index < -0.39 is 9.84 Å². The number of nitrogens with one attached hydrogen (secondary N) is 1. The molecule has 2 aliphatic rings. The Hall–Kier alpha value is -1.36. The summed E-state index contributed by atoms with van der Waals surface area (Å²) in [6.45, 7) is 0.454. The minimum absolute atomic E-state index is 0.0679. The summed E-state index contributed by atoms with van der Waals surface area (Å²) in [4.78, 5) is 12.1. The van der Waals surface area contributed by atoms with Crippen LogP contribution in [0.5, 0.6) is 0 Å². The van der Waals surface area contributed by atoms with Crippen molar-refractivity contribution < 1.29 is 13.2 Å². The van der Waals surface area contributed by atoms with Crippen LogP contribution >= 0.6 is 0 Å². The molecule has 108 valence electrons. The molecule has 1 fully saturated rings. The van der Waals surface area contributed by atoms with E-state index in [0.29, 0.717) is 18.5 Å². The van der Waals surface area contributed by atoms with Gasteiger partial charge in [-0.25, -0.2) is 8.42 Å². The summed E-state index contributed by atoms with van der Waals surface area (Å²) in [5.74, 6) is 0.437. The van der Waals surface area contributed by atoms with Crippen LogP contribution in [-0.4, -0.2) is 32.4 Å². The number of hydrogen-bond donors (Lipinski definition) is 1. The first-order chi connectivity index (χ1) is 9.53. The largest absolute Gasteiger partial charge is 0.352 e. The molecule has 0 bridgehead atoms. The topological polar surface area (TPSA) is 63.2 Å². The van der Waals surface area contributed by atoms with Crippen molar-refractivity contribution in [1.29, 1.82) is 0 Å². The second kappa shape index (κ2) is 5.20. The standard InChI is InChI=1S/C15H19NO3S/c17-15(16-9-11-6-7-20(18,19)10-11)14-5-4-12-2-1-3-13(12)8-14/h4-5,8,11H,1-3,6-7,9-10H2,(H,16,17). The zero-order chi connectivity index (χ0) is 14.2. The molecular weight excluding hydrogens is 274 g/mol. The molecule has 0 spiro atoms. The number of rotatable bonds is 3. The highest BCUT2D eigenvalue weighted by molar-refractivity contribution is 7.91. The first-order valence-electron chi connectivity index (χ1n) is 7.14. The quantitative estimate of drug-likeness (QED) is 0.914. The van der Waals surface area contributed by atoms with Gasteiger partial charge < -0.3 is 5.32 Å². The molecule has 1 saturated heterocycles. The molecule has 0 radical (unpaired) electrons. The Labute approximate surface area is 119 Å². The number of benzene rings is 1. The van der Waals surface area contributed by atoms with Crippen molar-refractivity contribution >= 4 is 15.7 Å². The molecular formula is C15H19NO3S. The summed E-state index contributed by atoms with van der Waals surface area (Å²) in [7, 11) is -2.87. The highest BCUT2D eigenvalue weighted by Crippen LogP contribution is 2.23. The molecule has 0 aromatic heterocycles. The monoisotopic (exact) mass is 293 g/mol. The maximum absolute atomic E-state index is 12.1. The Bertz CT molecular complexity index is 637. The zero-order valence-electron chi connectivity index (χ0n) is 11.4. The van der Waals surface area contributed by atoms with Gasteiger partial charge >= 0.3 is 0 Å². The number of carbonyl (C=O) groups excluding carboxylic acids is 1. The molecule has 20 heavy (non-hydrogen) atoms. The molecule has 1 aliphatic carbocycles. The maximum Gasteiger partial charge on any atom is 0.251 e. The van der Waals surface area contributed by atoms with E-state index in [1.807, 2.05) is 18.2 Å². The van der Waals surface area contributed by atoms with E-state index in [-0.39, 0.29) is 23.3 Å². The number of aryl methyl sites for hydroxylation is 2. The molecule has 1 aromatic rings. The lowest BCUT2D eigenvalue weighted by Crippen LogP contribution is -2.29. The van der Waals surface area contributed by atoms with E-state index in [2.05, 4.69) is 5.32 Å². The lowest BCUT2D eigenvalue weighted by atomic mass is 10.1. The second-order valence-corrected chi connectivity index (χ2v) is 8.04. The van der Waals surface area contributed by atoms with Crippen molar-refractivity contribution in [3.63, 3.8) is 0 Å². The third kappa shape index (κ3) is 2.87. The van der Waals surface area contributed by atoms with Crippen molar-refractivity contribution in [2.45, 2.75) is 25.7 Å². The van der Waals surface area contributed by atoms with E-state index in [9.17, 15) is 13.2 Å². The lowest BCUT2D eigenvalue weighted by Gasteiger charge is -2.10. The van der Waals surface area contributed by atoms with Gasteiger partial charge in [-0.3, -0.25) is 4.79 Å². The highest BCUT2D eigenvalue weighted by Gasteiger charge is 2.28. The number of fused-ring (bicyclic) bond motifs is 1. The summed E-state index contributed by atoms with van der Waals surface area (Å²) in [6.07, 6.45) is 3.99. The number of carbonyl (C=O) groups is 1. The van der Waals surface area contributed by atoms with E-state index in [4.69, 9.17) is 0 Å². The summed E-state index contributed by atoms with van der Waals surface area (Å²) in [6, 6.07) is 5.88. The Morgan fingerprint density at radius 3 is 2.80 bits per heavy atom. The van der Waals surface area contributed by atoms with Gasteiger partial charge in [0.05, 0.1) is 11.5 Å². The van der Waals surface area contributed by atoms with Gasteiger partial charge in [0.25, 0.3) is 5.91 Å². The van der Waals surface area contributed by atoms with Crippen LogP contribution in [0.1, 0.15) is 34.3 Å². The molecule has 3 rings (SSSR count). The molecule has 1 aliphatic heterocycles. The van der Waals surface area contributed by atoms with Crippen LogP contribution in [0.3, 0.4) is 0 Å². The van der Waals surface area contributed by atoms with Gasteiger partial charge in [0.1, 0.15) is 0 Å². The van der Waals surface area contributed by atoms with Crippen molar-refractivity contribution in [2.75, 3.05) is 18.1 Å². The summed E-state index contributed by atoms with van der Waals surface area (Å²) < 4.78 is 22.7. The van der Waals surface area contributed by atoms with Gasteiger partial charge in [0.2, 0.25) is 0 Å². The fourth-order valence-electron chi connectivity index (χ4n) is 3.09. The molecule has 1 aromatic carbocycles. The molecule has 4 nitrogen and oxygen atoms in total. The van der Waals surface area contributed by atoms with Gasteiger partial charge in [0.15, 0.2) is 9.84 Å². The molecule has 1 amide bonds. The fourth-order valence-corrected chi connectivity index (χ4v) is 4.95. The van der Waals surface area contributed by atoms with Gasteiger partial charge in [-0.15, -0.1) is 0 Å². The van der Waals surface area contributed by atoms with Crippen LogP contribution < -0.4 is 5.32 Å². The van der Waals surface area contributed by atoms with E-state index in [1.165, 1.54) is 17.5 Å². The first kappa shape index (κ1) is 13.6. The van der Waals surface area contributed by atoms with Crippen LogP contribution in [0.2, 0.25) is 0 Å². The van der Waals surface area contributed by atoms with Crippen LogP contribution in [0.4, 0.5) is 0 Å². The van der Waals surface area contributed by atoms with Crippen molar-refractivity contribution in [1.82, 2.24) is 5.32 Å². The summed E-state index contributed by atoms with van der Waals surface area (Å²) >= 11 is 0. The summed E-state index contributed by atoms with van der Waals surface area (Å²) in [5, 5.41) is 2.87. The normalized spacial score (nSPS) is 23.5. The summed E-state index contributed by atoms with van der Waals surface area (Å²) in [5.41, 5.74) is 3.32. The van der Waals surface area contributed by atoms with Crippen LogP contribution in [0.25, 0.3) is 0 Å². The van der Waals surface area contributed by atoms with Crippen molar-refractivity contribution in [3.8, 4) is 0 Å². The van der Waals surface area contributed by atoms with Crippen LogP contribution in [-0.2, 0) is 22.7 Å². The average Bonchev–Trinajstić information content (AvgIpc) is 3.01. The minimum Gasteiger partial charge on any atom is -0.352 e. The highest BCUT2D eigenvalue weighted by atomic mass is 32.2. The van der Waals surface area contributed by atoms with Crippen molar-refractivity contribution in [2.24, 2.45) is 5.92 Å². The van der Waals surface area contributed by atoms with Gasteiger partial charge in [-0.05, 0) is 54.9 Å². The molecule has 1 atom stereocenters. The zero-order valence-corrected chi connectivity index (χ0v) is 12.2. The molecule has 0 saturated carbocycles. The lowest BCUT2D eigenvalue weighted by molar-refractivity contribution is 0.0948. The molecule has 1 N–H and O–H groups in total. The predicted octanol–water partition coefficient (Wildman–Crippen LogP) is 1.34. The predicted molar refractivity (Wildman–Crippen MR) is 77.6 cm³/mol. The van der Waals surface area contributed by atoms with Gasteiger partial charge in [0, 0.05) is 12.1 Å². The minimum atomic E-state index is -2.87. The number of hydrogen-bond acceptors (Lipinski definition) is 3. The van der Waals surface area contributed by atoms with E-state index in [0.717, 1.165) is 12.8 Å². The SMILES string of the molecule is O=C(NCC1CCS(=O)(=O)C1)c1ccc2c(c1)CCC2. The Morgan fingerprint density at radius 2 is 2.05 bits per heavy atom. The van der Waals surface area contributed by atoms with Crippen LogP contribution in [0.15, 0.2) is 18.2 Å². The maximum atomic E-state index is 12.1.